The summed E-state index contributed by atoms with van der Waals surface area (Å²) in [6.07, 6.45) is 4.09. The monoisotopic (exact) mass is 419 g/mol. The number of benzene rings is 2. The van der Waals surface area contributed by atoms with E-state index in [0.717, 1.165) is 11.3 Å². The smallest absolute Gasteiger partial charge is 0.295 e. The minimum Gasteiger partial charge on any atom is -0.350 e. The lowest BCUT2D eigenvalue weighted by Gasteiger charge is -2.14. The first-order valence-electron chi connectivity index (χ1n) is 10.1. The number of carbonyl (C=O) groups excluding carboxylic acids is 1. The third-order valence-electron chi connectivity index (χ3n) is 5.06. The van der Waals surface area contributed by atoms with Crippen LogP contribution in [0.15, 0.2) is 71.8 Å². The second-order valence-corrected chi connectivity index (χ2v) is 7.33. The van der Waals surface area contributed by atoms with Crippen LogP contribution in [0.4, 0.5) is 4.39 Å². The number of para-hydroxylation sites is 1. The summed E-state index contributed by atoms with van der Waals surface area (Å²) >= 11 is 0. The van der Waals surface area contributed by atoms with E-state index >= 15 is 0 Å². The fourth-order valence-electron chi connectivity index (χ4n) is 3.36. The summed E-state index contributed by atoms with van der Waals surface area (Å²) in [4.78, 5) is 25.0. The Hall–Kier alpha value is -3.81. The van der Waals surface area contributed by atoms with E-state index in [1.807, 2.05) is 37.3 Å². The Morgan fingerprint density at radius 3 is 2.61 bits per heavy atom. The van der Waals surface area contributed by atoms with Gasteiger partial charge in [-0.3, -0.25) is 9.59 Å². The summed E-state index contributed by atoms with van der Waals surface area (Å²) in [5, 5.41) is 12.2. The zero-order valence-corrected chi connectivity index (χ0v) is 17.0. The van der Waals surface area contributed by atoms with Crippen molar-refractivity contribution in [3.8, 4) is 5.69 Å². The van der Waals surface area contributed by atoms with E-state index in [0.29, 0.717) is 23.9 Å². The first-order chi connectivity index (χ1) is 15.0. The topological polar surface area (TPSA) is 81.8 Å². The Morgan fingerprint density at radius 2 is 1.87 bits per heavy atom. The summed E-state index contributed by atoms with van der Waals surface area (Å²) in [5.41, 5.74) is 1.74. The third kappa shape index (κ3) is 4.69. The van der Waals surface area contributed by atoms with Gasteiger partial charge in [0.15, 0.2) is 5.52 Å². The average molecular weight is 419 g/mol. The zero-order chi connectivity index (χ0) is 21.8. The molecular formula is C23H22FN5O2. The van der Waals surface area contributed by atoms with Gasteiger partial charge in [-0.25, -0.2) is 13.8 Å². The van der Waals surface area contributed by atoms with Gasteiger partial charge in [0.25, 0.3) is 5.56 Å². The molecule has 158 valence electrons. The maximum atomic E-state index is 13.0. The molecular weight excluding hydrogens is 397 g/mol. The van der Waals surface area contributed by atoms with E-state index in [1.54, 1.807) is 29.2 Å². The summed E-state index contributed by atoms with van der Waals surface area (Å²) in [6, 6.07) is 15.3. The summed E-state index contributed by atoms with van der Waals surface area (Å²) in [5.74, 6) is -0.454. The SMILES string of the molecule is CC(NC(=O)CCCn1ncc2cn(-c3ccccc3)nc2c1=O)c1ccc(F)cc1. The molecule has 31 heavy (non-hydrogen) atoms. The number of amides is 1. The Bertz CT molecular complexity index is 1250. The minimum absolute atomic E-state index is 0.140. The molecule has 1 N–H and O–H groups in total. The van der Waals surface area contributed by atoms with Gasteiger partial charge in [-0.15, -0.1) is 0 Å². The largest absolute Gasteiger partial charge is 0.350 e. The molecule has 2 heterocycles. The zero-order valence-electron chi connectivity index (χ0n) is 17.0. The molecule has 0 fully saturated rings. The maximum absolute atomic E-state index is 13.0. The summed E-state index contributed by atoms with van der Waals surface area (Å²) in [6.45, 7) is 2.15. The van der Waals surface area contributed by atoms with Crippen molar-refractivity contribution in [2.75, 3.05) is 0 Å². The van der Waals surface area contributed by atoms with Gasteiger partial charge in [0.05, 0.1) is 17.9 Å². The highest BCUT2D eigenvalue weighted by molar-refractivity contribution is 5.77. The van der Waals surface area contributed by atoms with E-state index in [2.05, 4.69) is 15.5 Å². The predicted molar refractivity (Wildman–Crippen MR) is 115 cm³/mol. The molecule has 0 radical (unpaired) electrons. The second-order valence-electron chi connectivity index (χ2n) is 7.33. The van der Waals surface area contributed by atoms with Crippen LogP contribution in [0.25, 0.3) is 16.6 Å². The summed E-state index contributed by atoms with van der Waals surface area (Å²) in [7, 11) is 0. The number of carbonyl (C=O) groups is 1. The molecule has 4 aromatic rings. The highest BCUT2D eigenvalue weighted by Crippen LogP contribution is 2.14. The molecule has 0 aliphatic rings. The molecule has 7 nitrogen and oxygen atoms in total. The number of rotatable bonds is 7. The number of halogens is 1. The maximum Gasteiger partial charge on any atom is 0.295 e. The Morgan fingerprint density at radius 1 is 1.13 bits per heavy atom. The van der Waals surface area contributed by atoms with E-state index in [4.69, 9.17) is 0 Å². The first-order valence-corrected chi connectivity index (χ1v) is 10.1. The highest BCUT2D eigenvalue weighted by atomic mass is 19.1. The van der Waals surface area contributed by atoms with Gasteiger partial charge in [-0.1, -0.05) is 30.3 Å². The standard InChI is InChI=1S/C23H22FN5O2/c1-16(17-9-11-19(24)12-10-17)26-21(30)8-5-13-28-23(31)22-18(14-25-28)15-29(27-22)20-6-3-2-4-7-20/h2-4,6-7,9-12,14-16H,5,8,13H2,1H3,(H,26,30). The van der Waals surface area contributed by atoms with E-state index in [9.17, 15) is 14.0 Å². The molecule has 0 saturated heterocycles. The van der Waals surface area contributed by atoms with Crippen molar-refractivity contribution in [3.05, 3.63) is 88.7 Å². The minimum atomic E-state index is -0.314. The van der Waals surface area contributed by atoms with Crippen LogP contribution in [0.3, 0.4) is 0 Å². The van der Waals surface area contributed by atoms with E-state index in [-0.39, 0.29) is 29.7 Å². The van der Waals surface area contributed by atoms with Crippen molar-refractivity contribution in [1.82, 2.24) is 24.9 Å². The van der Waals surface area contributed by atoms with Crippen molar-refractivity contribution >= 4 is 16.8 Å². The van der Waals surface area contributed by atoms with Gasteiger partial charge >= 0.3 is 0 Å². The van der Waals surface area contributed by atoms with Gasteiger partial charge in [-0.05, 0) is 43.2 Å². The van der Waals surface area contributed by atoms with Crippen LogP contribution in [0.5, 0.6) is 0 Å². The van der Waals surface area contributed by atoms with Crippen LogP contribution < -0.4 is 10.9 Å². The van der Waals surface area contributed by atoms with Gasteiger partial charge in [0, 0.05) is 24.5 Å². The molecule has 4 rings (SSSR count). The molecule has 2 aromatic carbocycles. The molecule has 0 saturated carbocycles. The van der Waals surface area contributed by atoms with Gasteiger partial charge in [-0.2, -0.15) is 10.2 Å². The third-order valence-corrected chi connectivity index (χ3v) is 5.06. The molecule has 0 bridgehead atoms. The Balaban J connectivity index is 1.37. The van der Waals surface area contributed by atoms with E-state index in [1.165, 1.54) is 16.8 Å². The Labute approximate surface area is 178 Å². The van der Waals surface area contributed by atoms with Gasteiger partial charge in [0.1, 0.15) is 5.82 Å². The average Bonchev–Trinajstić information content (AvgIpc) is 3.22. The lowest BCUT2D eigenvalue weighted by Crippen LogP contribution is -2.28. The Kier molecular flexibility index (Phi) is 5.88. The van der Waals surface area contributed by atoms with Gasteiger partial charge in [0.2, 0.25) is 5.91 Å². The molecule has 8 heteroatoms. The molecule has 1 amide bonds. The quantitative estimate of drug-likeness (QED) is 0.498. The molecule has 0 aliphatic heterocycles. The number of nitrogens with zero attached hydrogens (tertiary/aromatic N) is 4. The lowest BCUT2D eigenvalue weighted by atomic mass is 10.1. The van der Waals surface area contributed by atoms with Crippen molar-refractivity contribution in [1.29, 1.82) is 0 Å². The first kappa shape index (κ1) is 20.5. The number of aryl methyl sites for hydroxylation is 1. The highest BCUT2D eigenvalue weighted by Gasteiger charge is 2.12. The molecule has 1 unspecified atom stereocenters. The molecule has 0 aliphatic carbocycles. The van der Waals surface area contributed by atoms with Crippen LogP contribution >= 0.6 is 0 Å². The lowest BCUT2D eigenvalue weighted by molar-refractivity contribution is -0.121. The number of hydrogen-bond acceptors (Lipinski definition) is 4. The van der Waals surface area contributed by atoms with Crippen molar-refractivity contribution in [3.63, 3.8) is 0 Å². The summed E-state index contributed by atoms with van der Waals surface area (Å²) < 4.78 is 16.0. The van der Waals surface area contributed by atoms with Crippen LogP contribution in [-0.2, 0) is 11.3 Å². The van der Waals surface area contributed by atoms with Crippen LogP contribution in [0.2, 0.25) is 0 Å². The molecule has 0 spiro atoms. The number of nitrogens with one attached hydrogen (secondary N) is 1. The normalized spacial score (nSPS) is 12.1. The number of aromatic nitrogens is 4. The number of fused-ring (bicyclic) bond motifs is 1. The van der Waals surface area contributed by atoms with Crippen molar-refractivity contribution in [2.45, 2.75) is 32.4 Å². The van der Waals surface area contributed by atoms with Crippen molar-refractivity contribution in [2.24, 2.45) is 0 Å². The predicted octanol–water partition coefficient (Wildman–Crippen LogP) is 3.38. The number of hydrogen-bond donors (Lipinski definition) is 1. The van der Waals surface area contributed by atoms with Crippen LogP contribution in [0, 0.1) is 5.82 Å². The molecule has 2 aromatic heterocycles. The van der Waals surface area contributed by atoms with E-state index < -0.39 is 0 Å². The van der Waals surface area contributed by atoms with Gasteiger partial charge < -0.3 is 5.32 Å². The van der Waals surface area contributed by atoms with Crippen LogP contribution in [0.1, 0.15) is 31.4 Å². The van der Waals surface area contributed by atoms with Crippen molar-refractivity contribution < 1.29 is 9.18 Å². The fraction of sp³-hybridized carbons (Fsp3) is 0.217. The molecule has 1 atom stereocenters. The second kappa shape index (κ2) is 8.91. The fourth-order valence-corrected chi connectivity index (χ4v) is 3.36. The van der Waals surface area contributed by atoms with Crippen LogP contribution in [-0.4, -0.2) is 25.5 Å².